The van der Waals surface area contributed by atoms with Crippen molar-refractivity contribution >= 4 is 17.6 Å². The summed E-state index contributed by atoms with van der Waals surface area (Å²) in [6.45, 7) is -0.126. The number of carbonyl (C=O) groups is 2. The third-order valence-corrected chi connectivity index (χ3v) is 3.75. The number of esters is 1. The van der Waals surface area contributed by atoms with Gasteiger partial charge in [-0.3, -0.25) is 14.9 Å². The first kappa shape index (κ1) is 18.2. The van der Waals surface area contributed by atoms with Crippen LogP contribution in [-0.4, -0.2) is 42.7 Å². The van der Waals surface area contributed by atoms with Gasteiger partial charge in [-0.15, -0.1) is 0 Å². The van der Waals surface area contributed by atoms with E-state index in [1.807, 2.05) is 12.1 Å². The van der Waals surface area contributed by atoms with E-state index in [2.05, 4.69) is 5.32 Å². The molecule has 1 heterocycles. The molecule has 1 atom stereocenters. The lowest BCUT2D eigenvalue weighted by Crippen LogP contribution is -2.42. The molecule has 2 aromatic rings. The Labute approximate surface area is 154 Å². The predicted molar refractivity (Wildman–Crippen MR) is 92.7 cm³/mol. The van der Waals surface area contributed by atoms with Gasteiger partial charge in [-0.25, -0.2) is 4.79 Å². The van der Waals surface area contributed by atoms with E-state index in [9.17, 15) is 19.7 Å². The van der Waals surface area contributed by atoms with Gasteiger partial charge in [-0.1, -0.05) is 24.3 Å². The third kappa shape index (κ3) is 4.51. The summed E-state index contributed by atoms with van der Waals surface area (Å²) in [6.07, 6.45) is -0.380. The zero-order valence-electron chi connectivity index (χ0n) is 14.1. The van der Waals surface area contributed by atoms with Crippen molar-refractivity contribution in [2.75, 3.05) is 19.8 Å². The Bertz CT molecular complexity index is 868. The smallest absolute Gasteiger partial charge is 0.345 e. The maximum atomic E-state index is 12.0. The third-order valence-electron chi connectivity index (χ3n) is 3.75. The zero-order chi connectivity index (χ0) is 19.2. The van der Waals surface area contributed by atoms with Gasteiger partial charge in [0.05, 0.1) is 11.5 Å². The summed E-state index contributed by atoms with van der Waals surface area (Å²) < 4.78 is 16.1. The van der Waals surface area contributed by atoms with Gasteiger partial charge in [0.1, 0.15) is 18.3 Å². The first-order valence-corrected chi connectivity index (χ1v) is 8.10. The molecule has 0 spiro atoms. The Hall–Kier alpha value is -3.62. The summed E-state index contributed by atoms with van der Waals surface area (Å²) in [6, 6.07) is 12.6. The molecule has 1 unspecified atom stereocenters. The topological polar surface area (TPSA) is 117 Å². The highest BCUT2D eigenvalue weighted by Gasteiger charge is 2.23. The number of nitrogens with one attached hydrogen (secondary N) is 1. The normalized spacial score (nSPS) is 14.9. The van der Waals surface area contributed by atoms with Crippen molar-refractivity contribution in [2.45, 2.75) is 6.10 Å². The monoisotopic (exact) mass is 372 g/mol. The second-order valence-corrected chi connectivity index (χ2v) is 5.65. The SMILES string of the molecule is O=C(COC(=O)c1ccccc1[N+](=O)[O-])NCC1COc2ccccc2O1. The fourth-order valence-corrected chi connectivity index (χ4v) is 2.46. The number of hydrogen-bond donors (Lipinski definition) is 1. The van der Waals surface area contributed by atoms with Crippen molar-refractivity contribution in [3.63, 3.8) is 0 Å². The van der Waals surface area contributed by atoms with E-state index in [1.54, 1.807) is 12.1 Å². The second kappa shape index (κ2) is 8.17. The number of ether oxygens (including phenoxy) is 3. The molecule has 0 saturated carbocycles. The molecule has 2 aromatic carbocycles. The molecule has 1 N–H and O–H groups in total. The number of nitro groups is 1. The molecule has 1 aliphatic heterocycles. The number of benzene rings is 2. The highest BCUT2D eigenvalue weighted by atomic mass is 16.6. The largest absolute Gasteiger partial charge is 0.486 e. The van der Waals surface area contributed by atoms with Crippen molar-refractivity contribution in [1.82, 2.24) is 5.32 Å². The summed E-state index contributed by atoms with van der Waals surface area (Å²) in [5.41, 5.74) is -0.592. The number of nitro benzene ring substituents is 1. The molecule has 0 fully saturated rings. The molecule has 9 nitrogen and oxygen atoms in total. The summed E-state index contributed by atoms with van der Waals surface area (Å²) >= 11 is 0. The van der Waals surface area contributed by atoms with Crippen LogP contribution in [0.25, 0.3) is 0 Å². The van der Waals surface area contributed by atoms with Gasteiger partial charge in [0.2, 0.25) is 0 Å². The van der Waals surface area contributed by atoms with Crippen molar-refractivity contribution in [3.8, 4) is 11.5 Å². The quantitative estimate of drug-likeness (QED) is 0.466. The van der Waals surface area contributed by atoms with E-state index < -0.39 is 23.4 Å². The fraction of sp³-hybridized carbons (Fsp3) is 0.222. The van der Waals surface area contributed by atoms with Crippen LogP contribution in [0.2, 0.25) is 0 Å². The van der Waals surface area contributed by atoms with Crippen LogP contribution in [-0.2, 0) is 9.53 Å². The van der Waals surface area contributed by atoms with E-state index in [-0.39, 0.29) is 30.5 Å². The van der Waals surface area contributed by atoms with Gasteiger partial charge >= 0.3 is 5.97 Å². The lowest BCUT2D eigenvalue weighted by Gasteiger charge is -2.26. The van der Waals surface area contributed by atoms with E-state index in [0.29, 0.717) is 11.5 Å². The lowest BCUT2D eigenvalue weighted by atomic mass is 10.2. The number of nitrogens with zero attached hydrogens (tertiary/aromatic N) is 1. The number of fused-ring (bicyclic) bond motifs is 1. The number of carbonyl (C=O) groups excluding carboxylic acids is 2. The molecule has 0 radical (unpaired) electrons. The molecule has 9 heteroatoms. The summed E-state index contributed by atoms with van der Waals surface area (Å²) in [5.74, 6) is -0.266. The van der Waals surface area contributed by atoms with E-state index in [0.717, 1.165) is 0 Å². The molecular formula is C18H16N2O7. The summed E-state index contributed by atoms with van der Waals surface area (Å²) in [5, 5.41) is 13.5. The molecule has 0 saturated heterocycles. The van der Waals surface area contributed by atoms with Gasteiger partial charge in [-0.2, -0.15) is 0 Å². The molecule has 1 amide bonds. The maximum Gasteiger partial charge on any atom is 0.345 e. The first-order valence-electron chi connectivity index (χ1n) is 8.10. The van der Waals surface area contributed by atoms with Gasteiger partial charge in [0, 0.05) is 6.07 Å². The van der Waals surface area contributed by atoms with Crippen LogP contribution < -0.4 is 14.8 Å². The van der Waals surface area contributed by atoms with Crippen LogP contribution in [0.5, 0.6) is 11.5 Å². The first-order chi connectivity index (χ1) is 13.0. The number of amides is 1. The molecule has 0 aromatic heterocycles. The van der Waals surface area contributed by atoms with Gasteiger partial charge < -0.3 is 19.5 Å². The Kier molecular flexibility index (Phi) is 5.50. The van der Waals surface area contributed by atoms with E-state index in [4.69, 9.17) is 14.2 Å². The number of hydrogen-bond acceptors (Lipinski definition) is 7. The van der Waals surface area contributed by atoms with Gasteiger partial charge in [0.25, 0.3) is 11.6 Å². The van der Waals surface area contributed by atoms with Crippen LogP contribution >= 0.6 is 0 Å². The number of rotatable bonds is 6. The van der Waals surface area contributed by atoms with Crippen LogP contribution in [0.1, 0.15) is 10.4 Å². The van der Waals surface area contributed by atoms with Crippen LogP contribution in [0.15, 0.2) is 48.5 Å². The predicted octanol–water partition coefficient (Wildman–Crippen LogP) is 1.71. The number of para-hydroxylation sites is 3. The molecule has 0 bridgehead atoms. The molecule has 27 heavy (non-hydrogen) atoms. The zero-order valence-corrected chi connectivity index (χ0v) is 14.1. The Morgan fingerprint density at radius 1 is 1.15 bits per heavy atom. The average molecular weight is 372 g/mol. The van der Waals surface area contributed by atoms with Crippen LogP contribution in [0.3, 0.4) is 0 Å². The summed E-state index contributed by atoms with van der Waals surface area (Å²) in [7, 11) is 0. The minimum atomic E-state index is -0.941. The molecule has 0 aliphatic carbocycles. The van der Waals surface area contributed by atoms with Gasteiger partial charge in [-0.05, 0) is 18.2 Å². The Balaban J connectivity index is 1.47. The van der Waals surface area contributed by atoms with E-state index in [1.165, 1.54) is 24.3 Å². The van der Waals surface area contributed by atoms with Crippen molar-refractivity contribution < 1.29 is 28.7 Å². The Morgan fingerprint density at radius 2 is 1.85 bits per heavy atom. The van der Waals surface area contributed by atoms with Crippen LogP contribution in [0, 0.1) is 10.1 Å². The van der Waals surface area contributed by atoms with Crippen molar-refractivity contribution in [3.05, 3.63) is 64.2 Å². The maximum absolute atomic E-state index is 12.0. The summed E-state index contributed by atoms with van der Waals surface area (Å²) in [4.78, 5) is 34.1. The Morgan fingerprint density at radius 3 is 2.63 bits per heavy atom. The van der Waals surface area contributed by atoms with E-state index >= 15 is 0 Å². The highest BCUT2D eigenvalue weighted by Crippen LogP contribution is 2.30. The van der Waals surface area contributed by atoms with Crippen LogP contribution in [0.4, 0.5) is 5.69 Å². The van der Waals surface area contributed by atoms with Crippen molar-refractivity contribution in [2.24, 2.45) is 0 Å². The average Bonchev–Trinajstić information content (AvgIpc) is 2.70. The molecule has 3 rings (SSSR count). The minimum Gasteiger partial charge on any atom is -0.486 e. The fourth-order valence-electron chi connectivity index (χ4n) is 2.46. The second-order valence-electron chi connectivity index (χ2n) is 5.65. The molecular weight excluding hydrogens is 356 g/mol. The molecule has 1 aliphatic rings. The van der Waals surface area contributed by atoms with Gasteiger partial charge in [0.15, 0.2) is 18.1 Å². The highest BCUT2D eigenvalue weighted by molar-refractivity contribution is 5.95. The standard InChI is InChI=1S/C18H16N2O7/c21-17(11-26-18(22)13-5-1-2-6-14(13)20(23)24)19-9-12-10-25-15-7-3-4-8-16(15)27-12/h1-8,12H,9-11H2,(H,19,21). The lowest BCUT2D eigenvalue weighted by molar-refractivity contribution is -0.385. The minimum absolute atomic E-state index is 0.163. The molecule has 140 valence electrons. The van der Waals surface area contributed by atoms with Crippen molar-refractivity contribution in [1.29, 1.82) is 0 Å².